The molecule has 0 saturated heterocycles. The summed E-state index contributed by atoms with van der Waals surface area (Å²) in [6.07, 6.45) is 2.26. The van der Waals surface area contributed by atoms with Gasteiger partial charge in [0.2, 0.25) is 5.91 Å². The fourth-order valence-corrected chi connectivity index (χ4v) is 2.04. The minimum atomic E-state index is -0.152. The van der Waals surface area contributed by atoms with Crippen molar-refractivity contribution in [3.05, 3.63) is 35.4 Å². The second kappa shape index (κ2) is 5.53. The summed E-state index contributed by atoms with van der Waals surface area (Å²) < 4.78 is 0. The van der Waals surface area contributed by atoms with Crippen LogP contribution in [0.25, 0.3) is 0 Å². The predicted molar refractivity (Wildman–Crippen MR) is 73.4 cm³/mol. The lowest BCUT2D eigenvalue weighted by atomic mass is 10.1. The van der Waals surface area contributed by atoms with Crippen molar-refractivity contribution in [2.75, 3.05) is 0 Å². The van der Waals surface area contributed by atoms with Gasteiger partial charge in [0.1, 0.15) is 0 Å². The van der Waals surface area contributed by atoms with E-state index in [2.05, 4.69) is 48.7 Å². The largest absolute Gasteiger partial charge is 0.352 e. The third-order valence-corrected chi connectivity index (χ3v) is 3.36. The van der Waals surface area contributed by atoms with Crippen LogP contribution in [0.3, 0.4) is 0 Å². The summed E-state index contributed by atoms with van der Waals surface area (Å²) in [4.78, 5) is 11.9. The van der Waals surface area contributed by atoms with E-state index in [9.17, 15) is 4.79 Å². The van der Waals surface area contributed by atoms with E-state index >= 15 is 0 Å². The molecule has 1 aromatic rings. The van der Waals surface area contributed by atoms with E-state index in [1.165, 1.54) is 11.1 Å². The van der Waals surface area contributed by atoms with Gasteiger partial charge in [0.05, 0.1) is 6.04 Å². The minimum Gasteiger partial charge on any atom is -0.352 e. The Bertz CT molecular complexity index is 426. The second-order valence-electron chi connectivity index (χ2n) is 5.31. The van der Waals surface area contributed by atoms with Gasteiger partial charge in [-0.25, -0.2) is 0 Å². The number of hydrogen-bond donors (Lipinski definition) is 2. The van der Waals surface area contributed by atoms with E-state index in [1.54, 1.807) is 0 Å². The van der Waals surface area contributed by atoms with Crippen LogP contribution in [0.15, 0.2) is 24.3 Å². The summed E-state index contributed by atoms with van der Waals surface area (Å²) in [5, 5.41) is 6.36. The van der Waals surface area contributed by atoms with E-state index in [0.717, 1.165) is 12.8 Å². The van der Waals surface area contributed by atoms with Gasteiger partial charge < -0.3 is 5.32 Å². The highest BCUT2D eigenvalue weighted by molar-refractivity contribution is 5.81. The van der Waals surface area contributed by atoms with Crippen molar-refractivity contribution < 1.29 is 4.79 Å². The number of benzene rings is 1. The summed E-state index contributed by atoms with van der Waals surface area (Å²) in [6.45, 7) is 6.10. The van der Waals surface area contributed by atoms with Gasteiger partial charge in [-0.15, -0.1) is 0 Å². The molecule has 0 spiro atoms. The Morgan fingerprint density at radius 2 is 2.06 bits per heavy atom. The molecule has 1 aromatic carbocycles. The van der Waals surface area contributed by atoms with Gasteiger partial charge in [0.25, 0.3) is 0 Å². The fourth-order valence-electron chi connectivity index (χ4n) is 2.04. The smallest absolute Gasteiger partial charge is 0.237 e. The Kier molecular flexibility index (Phi) is 4.02. The molecule has 1 saturated carbocycles. The zero-order chi connectivity index (χ0) is 13.1. The standard InChI is InChI=1S/C15H22N2O/c1-10-5-4-6-13(9-10)11(2)16-12(3)15(18)17-14-7-8-14/h4-6,9,11-12,14,16H,7-8H2,1-3H3,(H,17,18). The number of amides is 1. The molecule has 1 aliphatic rings. The third-order valence-electron chi connectivity index (χ3n) is 3.36. The number of rotatable bonds is 5. The Morgan fingerprint density at radius 1 is 1.33 bits per heavy atom. The normalized spacial score (nSPS) is 18.2. The van der Waals surface area contributed by atoms with Gasteiger partial charge >= 0.3 is 0 Å². The lowest BCUT2D eigenvalue weighted by molar-refractivity contribution is -0.123. The zero-order valence-corrected chi connectivity index (χ0v) is 11.4. The first kappa shape index (κ1) is 13.1. The van der Waals surface area contributed by atoms with Crippen LogP contribution in [0, 0.1) is 6.92 Å². The lowest BCUT2D eigenvalue weighted by Crippen LogP contribution is -2.43. The van der Waals surface area contributed by atoms with E-state index in [0.29, 0.717) is 6.04 Å². The molecule has 0 aromatic heterocycles. The predicted octanol–water partition coefficient (Wildman–Crippen LogP) is 2.31. The molecule has 0 aliphatic heterocycles. The van der Waals surface area contributed by atoms with Crippen LogP contribution in [0.2, 0.25) is 0 Å². The number of aryl methyl sites for hydroxylation is 1. The molecule has 1 amide bonds. The van der Waals surface area contributed by atoms with Gasteiger partial charge in [0, 0.05) is 12.1 Å². The molecule has 0 bridgehead atoms. The molecule has 0 heterocycles. The first-order valence-corrected chi connectivity index (χ1v) is 6.69. The van der Waals surface area contributed by atoms with Crippen LogP contribution in [-0.4, -0.2) is 18.0 Å². The van der Waals surface area contributed by atoms with Crippen molar-refractivity contribution in [3.63, 3.8) is 0 Å². The molecular weight excluding hydrogens is 224 g/mol. The van der Waals surface area contributed by atoms with Crippen LogP contribution >= 0.6 is 0 Å². The van der Waals surface area contributed by atoms with Gasteiger partial charge in [-0.1, -0.05) is 29.8 Å². The topological polar surface area (TPSA) is 41.1 Å². The van der Waals surface area contributed by atoms with E-state index in [4.69, 9.17) is 0 Å². The highest BCUT2D eigenvalue weighted by Gasteiger charge is 2.26. The Balaban J connectivity index is 1.89. The fraction of sp³-hybridized carbons (Fsp3) is 0.533. The van der Waals surface area contributed by atoms with Gasteiger partial charge in [-0.05, 0) is 39.2 Å². The molecule has 2 atom stereocenters. The Labute approximate surface area is 109 Å². The number of hydrogen-bond acceptors (Lipinski definition) is 2. The Hall–Kier alpha value is -1.35. The van der Waals surface area contributed by atoms with Crippen molar-refractivity contribution in [2.45, 2.75) is 51.7 Å². The van der Waals surface area contributed by atoms with Gasteiger partial charge in [-0.2, -0.15) is 0 Å². The zero-order valence-electron chi connectivity index (χ0n) is 11.4. The van der Waals surface area contributed by atoms with Crippen LogP contribution in [0.4, 0.5) is 0 Å². The molecule has 2 rings (SSSR count). The maximum absolute atomic E-state index is 11.9. The van der Waals surface area contributed by atoms with E-state index in [1.807, 2.05) is 6.92 Å². The van der Waals surface area contributed by atoms with Crippen LogP contribution in [0.1, 0.15) is 43.9 Å². The minimum absolute atomic E-state index is 0.108. The van der Waals surface area contributed by atoms with Crippen molar-refractivity contribution in [3.8, 4) is 0 Å². The van der Waals surface area contributed by atoms with Crippen LogP contribution < -0.4 is 10.6 Å². The molecule has 3 nitrogen and oxygen atoms in total. The summed E-state index contributed by atoms with van der Waals surface area (Å²) in [7, 11) is 0. The highest BCUT2D eigenvalue weighted by Crippen LogP contribution is 2.19. The number of carbonyl (C=O) groups is 1. The maximum atomic E-state index is 11.9. The van der Waals surface area contributed by atoms with Gasteiger partial charge in [-0.3, -0.25) is 10.1 Å². The van der Waals surface area contributed by atoms with Crippen molar-refractivity contribution in [1.82, 2.24) is 10.6 Å². The van der Waals surface area contributed by atoms with E-state index in [-0.39, 0.29) is 18.0 Å². The quantitative estimate of drug-likeness (QED) is 0.837. The van der Waals surface area contributed by atoms with Gasteiger partial charge in [0.15, 0.2) is 0 Å². The van der Waals surface area contributed by atoms with Crippen molar-refractivity contribution in [2.24, 2.45) is 0 Å². The third kappa shape index (κ3) is 3.57. The lowest BCUT2D eigenvalue weighted by Gasteiger charge is -2.20. The Morgan fingerprint density at radius 3 is 2.67 bits per heavy atom. The molecule has 1 fully saturated rings. The van der Waals surface area contributed by atoms with E-state index < -0.39 is 0 Å². The summed E-state index contributed by atoms with van der Waals surface area (Å²) in [5.74, 6) is 0.108. The molecule has 18 heavy (non-hydrogen) atoms. The highest BCUT2D eigenvalue weighted by atomic mass is 16.2. The summed E-state index contributed by atoms with van der Waals surface area (Å²) in [5.41, 5.74) is 2.47. The first-order valence-electron chi connectivity index (χ1n) is 6.69. The molecule has 2 N–H and O–H groups in total. The number of carbonyl (C=O) groups excluding carboxylic acids is 1. The van der Waals surface area contributed by atoms with Crippen molar-refractivity contribution >= 4 is 5.91 Å². The van der Waals surface area contributed by atoms with Crippen LogP contribution in [-0.2, 0) is 4.79 Å². The molecule has 1 aliphatic carbocycles. The summed E-state index contributed by atoms with van der Waals surface area (Å²) >= 11 is 0. The average molecular weight is 246 g/mol. The molecular formula is C15H22N2O. The average Bonchev–Trinajstić information content (AvgIpc) is 3.12. The summed E-state index contributed by atoms with van der Waals surface area (Å²) in [6, 6.07) is 8.85. The maximum Gasteiger partial charge on any atom is 0.237 e. The second-order valence-corrected chi connectivity index (χ2v) is 5.31. The molecule has 2 unspecified atom stereocenters. The SMILES string of the molecule is Cc1cccc(C(C)NC(C)C(=O)NC2CC2)c1. The first-order chi connectivity index (χ1) is 8.56. The van der Waals surface area contributed by atoms with Crippen molar-refractivity contribution in [1.29, 1.82) is 0 Å². The molecule has 0 radical (unpaired) electrons. The van der Waals surface area contributed by atoms with Crippen LogP contribution in [0.5, 0.6) is 0 Å². The molecule has 98 valence electrons. The molecule has 3 heteroatoms. The number of nitrogens with one attached hydrogen (secondary N) is 2. The monoisotopic (exact) mass is 246 g/mol.